The maximum atomic E-state index is 13.6. The zero-order valence-corrected chi connectivity index (χ0v) is 22.3. The second-order valence-electron chi connectivity index (χ2n) is 9.49. The van der Waals surface area contributed by atoms with E-state index in [2.05, 4.69) is 15.4 Å². The molecule has 0 aliphatic carbocycles. The number of nitrogens with one attached hydrogen (secondary N) is 1. The van der Waals surface area contributed by atoms with E-state index in [4.69, 9.17) is 0 Å². The van der Waals surface area contributed by atoms with Crippen molar-refractivity contribution in [2.75, 3.05) is 5.32 Å². The monoisotopic (exact) mass is 569 g/mol. The number of hydrogen-bond acceptors (Lipinski definition) is 6. The normalized spacial score (nSPS) is 16.1. The number of nitrogens with zero attached hydrogens (tertiary/aromatic N) is 4. The Balaban J connectivity index is 1.33. The van der Waals surface area contributed by atoms with Crippen molar-refractivity contribution in [3.05, 3.63) is 119 Å². The van der Waals surface area contributed by atoms with E-state index in [1.54, 1.807) is 34.8 Å². The Kier molecular flexibility index (Phi) is 6.94. The van der Waals surface area contributed by atoms with Gasteiger partial charge in [-0.25, -0.2) is 9.38 Å². The summed E-state index contributed by atoms with van der Waals surface area (Å²) in [7, 11) is -1.23. The third-order valence-corrected chi connectivity index (χ3v) is 8.94. The summed E-state index contributed by atoms with van der Waals surface area (Å²) in [5, 5.41) is 28.2. The molecule has 1 atom stereocenters. The Bertz CT molecular complexity index is 1800. The van der Waals surface area contributed by atoms with Crippen molar-refractivity contribution in [3.63, 3.8) is 0 Å². The van der Waals surface area contributed by atoms with E-state index in [1.165, 1.54) is 12.1 Å². The molecule has 9 nitrogen and oxygen atoms in total. The van der Waals surface area contributed by atoms with Crippen LogP contribution in [0.5, 0.6) is 0 Å². The molecular weight excluding hydrogens is 545 g/mol. The maximum Gasteiger partial charge on any atom is 0.328 e. The van der Waals surface area contributed by atoms with Gasteiger partial charge >= 0.3 is 11.9 Å². The molecule has 0 fully saturated rings. The lowest BCUT2D eigenvalue weighted by Gasteiger charge is -2.29. The van der Waals surface area contributed by atoms with Gasteiger partial charge in [-0.05, 0) is 52.9 Å². The number of benzene rings is 3. The molecule has 3 aromatic carbocycles. The molecule has 1 unspecified atom stereocenters. The Morgan fingerprint density at radius 1 is 0.951 bits per heavy atom. The molecule has 0 saturated heterocycles. The van der Waals surface area contributed by atoms with Crippen LogP contribution in [-0.4, -0.2) is 53.4 Å². The van der Waals surface area contributed by atoms with E-state index in [0.717, 1.165) is 27.7 Å². The highest BCUT2D eigenvalue weighted by Gasteiger charge is 2.36. The summed E-state index contributed by atoms with van der Waals surface area (Å²) in [6.07, 6.45) is 5.08. The molecular formula is C30H24FN5O4S. The number of halogens is 1. The lowest BCUT2D eigenvalue weighted by molar-refractivity contribution is -0.146. The molecule has 0 radical (unpaired) electrons. The number of anilines is 1. The summed E-state index contributed by atoms with van der Waals surface area (Å²) in [4.78, 5) is 31.0. The summed E-state index contributed by atoms with van der Waals surface area (Å²) >= 11 is 0. The van der Waals surface area contributed by atoms with Crippen LogP contribution in [0.4, 0.5) is 10.1 Å². The van der Waals surface area contributed by atoms with Gasteiger partial charge in [0.1, 0.15) is 11.6 Å². The molecule has 0 spiro atoms. The summed E-state index contributed by atoms with van der Waals surface area (Å²) < 4.78 is 15.4. The van der Waals surface area contributed by atoms with Crippen LogP contribution in [-0.2, 0) is 22.7 Å². The van der Waals surface area contributed by atoms with Gasteiger partial charge in [0.2, 0.25) is 0 Å². The second-order valence-corrected chi connectivity index (χ2v) is 11.4. The fourth-order valence-corrected chi connectivity index (χ4v) is 6.89. The van der Waals surface area contributed by atoms with Crippen LogP contribution in [0.25, 0.3) is 10.9 Å². The van der Waals surface area contributed by atoms with Crippen LogP contribution < -0.4 is 5.32 Å². The van der Waals surface area contributed by atoms with Crippen molar-refractivity contribution in [3.8, 4) is 0 Å². The molecule has 0 saturated carbocycles. The fraction of sp³-hybridized carbons (Fsp3) is 0.100. The molecule has 3 N–H and O–H groups in total. The van der Waals surface area contributed by atoms with Crippen LogP contribution in [0.15, 0.2) is 107 Å². The number of hydrogen-bond donors (Lipinski definition) is 3. The van der Waals surface area contributed by atoms with Gasteiger partial charge in [0, 0.05) is 23.2 Å². The number of carbonyl (C=O) groups is 2. The summed E-state index contributed by atoms with van der Waals surface area (Å²) in [6, 6.07) is 21.7. The van der Waals surface area contributed by atoms with Gasteiger partial charge in [-0.2, -0.15) is 5.10 Å². The van der Waals surface area contributed by atoms with Gasteiger partial charge in [0.25, 0.3) is 0 Å². The predicted molar refractivity (Wildman–Crippen MR) is 157 cm³/mol. The topological polar surface area (TPSA) is 120 Å². The molecule has 2 aliphatic heterocycles. The van der Waals surface area contributed by atoms with E-state index in [9.17, 15) is 24.2 Å². The summed E-state index contributed by atoms with van der Waals surface area (Å²) in [6.45, 7) is 0.828. The highest BCUT2D eigenvalue weighted by Crippen LogP contribution is 2.39. The standard InChI is InChI=1S/C30H24FN5O4S/c31-22-8-4-7-20(13-22)17-36-25-10-9-23(14-21(25)15-33-36)34-27-24-11-12-41(26(29(37)38)30(39)40)28(24)35(18-32-27)16-19-5-2-1-3-6-19/h1-15,18,26,34H,16-17H2,(H,37,38)(H,39,40). The van der Waals surface area contributed by atoms with E-state index in [-0.39, 0.29) is 5.82 Å². The van der Waals surface area contributed by atoms with E-state index in [0.29, 0.717) is 29.5 Å². The van der Waals surface area contributed by atoms with E-state index < -0.39 is 27.7 Å². The predicted octanol–water partition coefficient (Wildman–Crippen LogP) is 4.86. The Labute approximate surface area is 236 Å². The third kappa shape index (κ3) is 5.27. The maximum absolute atomic E-state index is 13.6. The molecule has 2 aliphatic rings. The summed E-state index contributed by atoms with van der Waals surface area (Å²) in [5.41, 5.74) is 4.01. The van der Waals surface area contributed by atoms with Gasteiger partial charge in [-0.3, -0.25) is 14.3 Å². The van der Waals surface area contributed by atoms with Gasteiger partial charge in [-0.1, -0.05) is 42.5 Å². The number of aromatic nitrogens is 2. The fourth-order valence-electron chi connectivity index (χ4n) is 4.87. The minimum atomic E-state index is -1.62. The molecule has 6 rings (SSSR count). The molecule has 3 heterocycles. The molecule has 1 aromatic heterocycles. The minimum Gasteiger partial charge on any atom is -0.480 e. The van der Waals surface area contributed by atoms with Gasteiger partial charge < -0.3 is 20.4 Å². The van der Waals surface area contributed by atoms with Crippen molar-refractivity contribution < 1.29 is 24.2 Å². The average molecular weight is 570 g/mol. The molecule has 0 bridgehead atoms. The van der Waals surface area contributed by atoms with Crippen molar-refractivity contribution in [2.45, 2.75) is 18.3 Å². The van der Waals surface area contributed by atoms with Crippen molar-refractivity contribution >= 4 is 50.3 Å². The Morgan fingerprint density at radius 2 is 1.73 bits per heavy atom. The zero-order chi connectivity index (χ0) is 28.5. The number of rotatable bonds is 9. The lowest BCUT2D eigenvalue weighted by atomic mass is 10.1. The number of carboxylic acid groups (broad SMARTS) is 2. The first-order valence-corrected chi connectivity index (χ1v) is 14.0. The summed E-state index contributed by atoms with van der Waals surface area (Å²) in [5.74, 6) is -2.60. The first-order chi connectivity index (χ1) is 19.9. The Hall–Kier alpha value is -5.03. The highest BCUT2D eigenvalue weighted by atomic mass is 32.2. The van der Waals surface area contributed by atoms with Crippen molar-refractivity contribution in [1.29, 1.82) is 0 Å². The van der Waals surface area contributed by atoms with Crippen LogP contribution in [0.2, 0.25) is 0 Å². The molecule has 0 amide bonds. The van der Waals surface area contributed by atoms with Crippen molar-refractivity contribution in [2.24, 2.45) is 4.99 Å². The van der Waals surface area contributed by atoms with Gasteiger partial charge in [0.15, 0.2) is 5.25 Å². The smallest absolute Gasteiger partial charge is 0.328 e. The largest absolute Gasteiger partial charge is 0.480 e. The SMILES string of the molecule is O=C(O)C(C(=O)O)S1=C2C(=C(Nc3ccc4c(cnn4Cc4cccc(F)c4)c3)N=CN2Cc2ccccc2)C=C1. The highest BCUT2D eigenvalue weighted by molar-refractivity contribution is 8.20. The van der Waals surface area contributed by atoms with Crippen LogP contribution >= 0.6 is 10.5 Å². The van der Waals surface area contributed by atoms with Crippen molar-refractivity contribution in [1.82, 2.24) is 14.7 Å². The van der Waals surface area contributed by atoms with Crippen LogP contribution in [0.1, 0.15) is 11.1 Å². The van der Waals surface area contributed by atoms with Gasteiger partial charge in [-0.15, -0.1) is 10.5 Å². The number of aliphatic carboxylic acids is 2. The van der Waals surface area contributed by atoms with E-state index >= 15 is 0 Å². The molecule has 41 heavy (non-hydrogen) atoms. The Morgan fingerprint density at radius 3 is 2.49 bits per heavy atom. The second kappa shape index (κ2) is 10.9. The minimum absolute atomic E-state index is 0.298. The van der Waals surface area contributed by atoms with E-state index in [1.807, 2.05) is 59.5 Å². The zero-order valence-electron chi connectivity index (χ0n) is 21.5. The van der Waals surface area contributed by atoms with Gasteiger partial charge in [0.05, 0.1) is 29.6 Å². The number of aliphatic imine (C=N–C) groups is 1. The lowest BCUT2D eigenvalue weighted by Crippen LogP contribution is -2.36. The molecule has 4 aromatic rings. The first kappa shape index (κ1) is 26.2. The number of carboxylic acids is 2. The number of fused-ring (bicyclic) bond motifs is 2. The third-order valence-electron chi connectivity index (χ3n) is 6.70. The molecule has 11 heteroatoms. The van der Waals surface area contributed by atoms with Crippen LogP contribution in [0.3, 0.4) is 0 Å². The average Bonchev–Trinajstić information content (AvgIpc) is 3.55. The quantitative estimate of drug-likeness (QED) is 0.195. The van der Waals surface area contributed by atoms with Crippen LogP contribution in [0, 0.1) is 5.82 Å². The molecule has 206 valence electrons. The first-order valence-electron chi connectivity index (χ1n) is 12.7.